The number of carbonyl (C=O) groups excluding carboxylic acids is 2. The smallest absolute Gasteiger partial charge is 0.392 e. The number of carbonyl (C=O) groups is 2. The molecule has 2 heterocycles. The molecule has 0 saturated carbocycles. The molecule has 6 rings (SSSR count). The Bertz CT molecular complexity index is 1860. The number of nitrogens with one attached hydrogen (secondary N) is 1. The number of halogens is 3. The fourth-order valence-corrected chi connectivity index (χ4v) is 7.21. The van der Waals surface area contributed by atoms with Crippen LogP contribution in [-0.4, -0.2) is 76.3 Å². The van der Waals surface area contributed by atoms with Crippen molar-refractivity contribution in [3.63, 3.8) is 0 Å². The van der Waals surface area contributed by atoms with Crippen LogP contribution >= 0.6 is 0 Å². The third-order valence-electron chi connectivity index (χ3n) is 10.4. The van der Waals surface area contributed by atoms with Gasteiger partial charge in [-0.1, -0.05) is 103 Å². The number of rotatable bonds is 12. The first kappa shape index (κ1) is 39.1. The quantitative estimate of drug-likeness (QED) is 0.150. The molecule has 54 heavy (non-hydrogen) atoms. The van der Waals surface area contributed by atoms with Crippen molar-refractivity contribution in [1.82, 2.24) is 15.1 Å². The minimum absolute atomic E-state index is 0.0590. The summed E-state index contributed by atoms with van der Waals surface area (Å²) in [5.41, 5.74) is 5.84. The van der Waals surface area contributed by atoms with E-state index in [1.165, 1.54) is 0 Å². The second-order valence-electron chi connectivity index (χ2n) is 14.0. The molecule has 2 saturated heterocycles. The number of benzene rings is 4. The molecule has 3 N–H and O–H groups in total. The molecule has 2 amide bonds. The van der Waals surface area contributed by atoms with Gasteiger partial charge in [-0.3, -0.25) is 14.5 Å². The minimum atomic E-state index is -5.04. The number of alkyl halides is 3. The summed E-state index contributed by atoms with van der Waals surface area (Å²) in [7, 11) is 1.97. The van der Waals surface area contributed by atoms with Gasteiger partial charge in [0.15, 0.2) is 6.29 Å². The summed E-state index contributed by atoms with van der Waals surface area (Å²) in [5.74, 6) is -2.61. The van der Waals surface area contributed by atoms with Crippen molar-refractivity contribution in [2.45, 2.75) is 82.2 Å². The number of amides is 2. The van der Waals surface area contributed by atoms with Crippen LogP contribution in [0.3, 0.4) is 0 Å². The van der Waals surface area contributed by atoms with E-state index in [0.29, 0.717) is 24.3 Å². The molecule has 0 aromatic heterocycles. The van der Waals surface area contributed by atoms with Crippen LogP contribution in [0.15, 0.2) is 103 Å². The average molecular weight is 746 g/mol. The molecule has 6 unspecified atom stereocenters. The van der Waals surface area contributed by atoms with Gasteiger partial charge in [0.2, 0.25) is 5.91 Å². The molecule has 0 spiro atoms. The van der Waals surface area contributed by atoms with Crippen LogP contribution in [-0.2, 0) is 32.2 Å². The number of ether oxygens (including phenoxy) is 2. The number of aliphatic hydroxyl groups is 2. The Kier molecular flexibility index (Phi) is 12.5. The SMILES string of the molecule is CC(C(O)c1ccccc1)N(C)CC1CC(c2ccc(CO)cc2)OC(c2ccc(-c3ccccc3CNC(=O)C3CCCN3C(=O)C(F)(F)F)cc2)O1. The van der Waals surface area contributed by atoms with Gasteiger partial charge in [-0.05, 0) is 60.2 Å². The summed E-state index contributed by atoms with van der Waals surface area (Å²) in [5, 5.41) is 23.4. The minimum Gasteiger partial charge on any atom is -0.392 e. The van der Waals surface area contributed by atoms with E-state index in [1.54, 1.807) is 0 Å². The summed E-state index contributed by atoms with van der Waals surface area (Å²) in [6.07, 6.45) is -5.90. The molecule has 0 aliphatic carbocycles. The highest BCUT2D eigenvalue weighted by Gasteiger charge is 2.47. The molecule has 4 aromatic rings. The molecule has 0 bridgehead atoms. The second-order valence-corrected chi connectivity index (χ2v) is 14.0. The highest BCUT2D eigenvalue weighted by Crippen LogP contribution is 2.39. The Labute approximate surface area is 313 Å². The summed E-state index contributed by atoms with van der Waals surface area (Å²) in [6, 6.07) is 31.0. The first-order valence-corrected chi connectivity index (χ1v) is 18.2. The van der Waals surface area contributed by atoms with Gasteiger partial charge in [-0.15, -0.1) is 0 Å². The van der Waals surface area contributed by atoms with E-state index in [-0.39, 0.29) is 44.4 Å². The molecule has 4 aromatic carbocycles. The van der Waals surface area contributed by atoms with Crippen LogP contribution < -0.4 is 5.32 Å². The van der Waals surface area contributed by atoms with Gasteiger partial charge < -0.3 is 29.9 Å². The lowest BCUT2D eigenvalue weighted by atomic mass is 9.97. The van der Waals surface area contributed by atoms with Crippen LogP contribution in [0.2, 0.25) is 0 Å². The summed E-state index contributed by atoms with van der Waals surface area (Å²) < 4.78 is 52.5. The zero-order valence-corrected chi connectivity index (χ0v) is 30.3. The van der Waals surface area contributed by atoms with Crippen molar-refractivity contribution >= 4 is 11.8 Å². The van der Waals surface area contributed by atoms with E-state index in [0.717, 1.165) is 38.9 Å². The number of hydrogen-bond acceptors (Lipinski definition) is 7. The Morgan fingerprint density at radius 2 is 1.59 bits per heavy atom. The summed E-state index contributed by atoms with van der Waals surface area (Å²) >= 11 is 0. The van der Waals surface area contributed by atoms with Gasteiger partial charge in [0.25, 0.3) is 0 Å². The standard InChI is InChI=1S/C42H46F3N3O6/c1-27(38(50)31-9-4-3-5-10-31)47(2)25-34-23-37(30-16-14-28(26-49)15-17-30)54-40(53-34)32-20-18-29(19-21-32)35-12-7-6-11-33(35)24-46-39(51)36-13-8-22-48(36)41(52)42(43,44)45/h3-7,9-12,14-21,27,34,36-38,40,49-50H,8,13,22-26H2,1-2H3,(H,46,51). The average Bonchev–Trinajstić information content (AvgIpc) is 3.69. The van der Waals surface area contributed by atoms with Gasteiger partial charge in [0.1, 0.15) is 6.04 Å². The van der Waals surface area contributed by atoms with E-state index in [1.807, 2.05) is 117 Å². The molecular formula is C42H46F3N3O6. The molecule has 0 radical (unpaired) electrons. The van der Waals surface area contributed by atoms with Crippen molar-refractivity contribution in [3.8, 4) is 11.1 Å². The predicted octanol–water partition coefficient (Wildman–Crippen LogP) is 6.61. The highest BCUT2D eigenvalue weighted by molar-refractivity contribution is 5.90. The predicted molar refractivity (Wildman–Crippen MR) is 196 cm³/mol. The zero-order chi connectivity index (χ0) is 38.4. The Morgan fingerprint density at radius 3 is 2.28 bits per heavy atom. The Morgan fingerprint density at radius 1 is 0.926 bits per heavy atom. The zero-order valence-electron chi connectivity index (χ0n) is 30.3. The van der Waals surface area contributed by atoms with Crippen LogP contribution in [0.5, 0.6) is 0 Å². The normalized spacial score (nSPS) is 21.5. The molecule has 286 valence electrons. The number of likely N-dealkylation sites (tertiary alicyclic amines) is 1. The van der Waals surface area contributed by atoms with Gasteiger partial charge in [0, 0.05) is 37.7 Å². The number of nitrogens with zero attached hydrogens (tertiary/aromatic N) is 2. The van der Waals surface area contributed by atoms with Gasteiger partial charge >= 0.3 is 12.1 Å². The van der Waals surface area contributed by atoms with Crippen LogP contribution in [0.1, 0.15) is 72.5 Å². The fourth-order valence-electron chi connectivity index (χ4n) is 7.21. The number of aliphatic hydroxyl groups excluding tert-OH is 2. The van der Waals surface area contributed by atoms with Crippen molar-refractivity contribution in [2.75, 3.05) is 20.1 Å². The van der Waals surface area contributed by atoms with Crippen molar-refractivity contribution in [2.24, 2.45) is 0 Å². The topological polar surface area (TPSA) is 112 Å². The third kappa shape index (κ3) is 9.19. The lowest BCUT2D eigenvalue weighted by Crippen LogP contribution is -2.50. The molecule has 2 aliphatic heterocycles. The first-order valence-electron chi connectivity index (χ1n) is 18.2. The van der Waals surface area contributed by atoms with Crippen molar-refractivity contribution in [3.05, 3.63) is 131 Å². The lowest BCUT2D eigenvalue weighted by Gasteiger charge is -2.39. The van der Waals surface area contributed by atoms with E-state index >= 15 is 0 Å². The molecule has 2 aliphatic rings. The number of likely N-dealkylation sites (N-methyl/N-ethyl adjacent to an activating group) is 1. The maximum absolute atomic E-state index is 13.1. The largest absolute Gasteiger partial charge is 0.471 e. The third-order valence-corrected chi connectivity index (χ3v) is 10.4. The fraction of sp³-hybridized carbons (Fsp3) is 0.381. The highest BCUT2D eigenvalue weighted by atomic mass is 19.4. The Balaban J connectivity index is 1.17. The summed E-state index contributed by atoms with van der Waals surface area (Å²) in [4.78, 5) is 27.6. The number of hydrogen-bond donors (Lipinski definition) is 3. The maximum atomic E-state index is 13.1. The van der Waals surface area contributed by atoms with Crippen LogP contribution in [0.4, 0.5) is 13.2 Å². The van der Waals surface area contributed by atoms with E-state index in [2.05, 4.69) is 10.2 Å². The maximum Gasteiger partial charge on any atom is 0.471 e. The lowest BCUT2D eigenvalue weighted by molar-refractivity contribution is -0.253. The summed E-state index contributed by atoms with van der Waals surface area (Å²) in [6.45, 7) is 2.42. The van der Waals surface area contributed by atoms with E-state index in [9.17, 15) is 33.0 Å². The molecule has 12 heteroatoms. The van der Waals surface area contributed by atoms with Gasteiger partial charge in [-0.2, -0.15) is 13.2 Å². The van der Waals surface area contributed by atoms with Crippen LogP contribution in [0.25, 0.3) is 11.1 Å². The molecule has 6 atom stereocenters. The van der Waals surface area contributed by atoms with Crippen LogP contribution in [0, 0.1) is 0 Å². The van der Waals surface area contributed by atoms with Crippen molar-refractivity contribution < 1.29 is 42.4 Å². The molecule has 2 fully saturated rings. The monoisotopic (exact) mass is 745 g/mol. The van der Waals surface area contributed by atoms with Gasteiger partial charge in [0.05, 0.1) is 24.9 Å². The van der Waals surface area contributed by atoms with E-state index < -0.39 is 36.4 Å². The molecule has 9 nitrogen and oxygen atoms in total. The Hall–Kier alpha value is -4.59. The first-order chi connectivity index (χ1) is 25.9. The molecular weight excluding hydrogens is 699 g/mol. The van der Waals surface area contributed by atoms with Crippen molar-refractivity contribution in [1.29, 1.82) is 0 Å². The van der Waals surface area contributed by atoms with Gasteiger partial charge in [-0.25, -0.2) is 0 Å². The van der Waals surface area contributed by atoms with E-state index in [4.69, 9.17) is 9.47 Å². The second kappa shape index (κ2) is 17.3.